The number of aryl methyl sites for hydroxylation is 1. The van der Waals surface area contributed by atoms with Crippen LogP contribution < -0.4 is 0 Å². The van der Waals surface area contributed by atoms with E-state index in [0.29, 0.717) is 17.7 Å². The minimum Gasteiger partial charge on any atom is -0.378 e. The minimum atomic E-state index is 0.338. The van der Waals surface area contributed by atoms with Gasteiger partial charge in [-0.15, -0.1) is 0 Å². The molecule has 0 aliphatic heterocycles. The van der Waals surface area contributed by atoms with Crippen molar-refractivity contribution in [2.24, 2.45) is 0 Å². The molecule has 3 nitrogen and oxygen atoms in total. The van der Waals surface area contributed by atoms with Crippen molar-refractivity contribution in [3.05, 3.63) is 55.6 Å². The van der Waals surface area contributed by atoms with Crippen molar-refractivity contribution < 1.29 is 4.74 Å². The number of rotatable bonds is 3. The number of benzene rings is 1. The predicted octanol–water partition coefficient (Wildman–Crippen LogP) is 4.15. The number of methoxy groups -OCH3 is 1. The molecular formula is C16H16ClIN2O. The lowest BCUT2D eigenvalue weighted by Crippen LogP contribution is -2.17. The Labute approximate surface area is 143 Å². The van der Waals surface area contributed by atoms with E-state index in [0.717, 1.165) is 34.4 Å². The molecule has 3 rings (SSSR count). The van der Waals surface area contributed by atoms with Crippen LogP contribution in [0.2, 0.25) is 5.15 Å². The Hall–Kier alpha value is -0.720. The summed E-state index contributed by atoms with van der Waals surface area (Å²) in [6.07, 6.45) is 3.13. The van der Waals surface area contributed by atoms with Crippen molar-refractivity contribution in [1.29, 1.82) is 0 Å². The first-order chi connectivity index (χ1) is 10.2. The first-order valence-electron chi connectivity index (χ1n) is 6.96. The Kier molecular flexibility index (Phi) is 4.76. The first-order valence-corrected chi connectivity index (χ1v) is 8.42. The van der Waals surface area contributed by atoms with Gasteiger partial charge >= 0.3 is 0 Å². The molecule has 2 aromatic rings. The van der Waals surface area contributed by atoms with Gasteiger partial charge in [-0.1, -0.05) is 35.9 Å². The number of halogens is 2. The van der Waals surface area contributed by atoms with Crippen LogP contribution in [-0.4, -0.2) is 17.1 Å². The molecule has 0 N–H and O–H groups in total. The molecule has 21 heavy (non-hydrogen) atoms. The van der Waals surface area contributed by atoms with Crippen LogP contribution in [-0.2, 0) is 24.2 Å². The normalized spacial score (nSPS) is 17.6. The SMILES string of the molecule is COCc1nc(C2CCc3ccccc3C2)nc(Cl)c1I. The Bertz CT molecular complexity index is 663. The van der Waals surface area contributed by atoms with E-state index >= 15 is 0 Å². The molecule has 1 aromatic heterocycles. The summed E-state index contributed by atoms with van der Waals surface area (Å²) in [5, 5.41) is 0.534. The summed E-state index contributed by atoms with van der Waals surface area (Å²) >= 11 is 8.44. The summed E-state index contributed by atoms with van der Waals surface area (Å²) in [4.78, 5) is 9.19. The average Bonchev–Trinajstić information content (AvgIpc) is 2.51. The largest absolute Gasteiger partial charge is 0.378 e. The van der Waals surface area contributed by atoms with Crippen LogP contribution in [0.4, 0.5) is 0 Å². The number of ether oxygens (including phenoxy) is 1. The van der Waals surface area contributed by atoms with Crippen LogP contribution in [0.15, 0.2) is 24.3 Å². The molecule has 1 heterocycles. The molecule has 110 valence electrons. The standard InChI is InChI=1S/C16H16ClIN2O/c1-21-9-13-14(18)15(17)20-16(19-13)12-7-6-10-4-2-3-5-11(10)8-12/h2-5,12H,6-9H2,1H3. The van der Waals surface area contributed by atoms with Crippen molar-refractivity contribution in [3.63, 3.8) is 0 Å². The Balaban J connectivity index is 1.91. The van der Waals surface area contributed by atoms with E-state index in [1.54, 1.807) is 7.11 Å². The molecule has 0 saturated heterocycles. The van der Waals surface area contributed by atoms with Gasteiger partial charge in [0.25, 0.3) is 0 Å². The number of nitrogens with zero attached hydrogens (tertiary/aromatic N) is 2. The summed E-state index contributed by atoms with van der Waals surface area (Å²) in [6.45, 7) is 0.469. The van der Waals surface area contributed by atoms with Gasteiger partial charge in [0.1, 0.15) is 11.0 Å². The van der Waals surface area contributed by atoms with Gasteiger partial charge < -0.3 is 4.74 Å². The van der Waals surface area contributed by atoms with Crippen LogP contribution in [0.1, 0.15) is 35.0 Å². The summed E-state index contributed by atoms with van der Waals surface area (Å²) in [5.41, 5.74) is 3.73. The van der Waals surface area contributed by atoms with Gasteiger partial charge in [-0.25, -0.2) is 9.97 Å². The van der Waals surface area contributed by atoms with E-state index in [1.807, 2.05) is 0 Å². The van der Waals surface area contributed by atoms with Gasteiger partial charge in [0.15, 0.2) is 0 Å². The monoisotopic (exact) mass is 414 g/mol. The highest BCUT2D eigenvalue weighted by Crippen LogP contribution is 2.32. The fraction of sp³-hybridized carbons (Fsp3) is 0.375. The minimum absolute atomic E-state index is 0.338. The fourth-order valence-electron chi connectivity index (χ4n) is 2.81. The quantitative estimate of drug-likeness (QED) is 0.559. The second-order valence-corrected chi connectivity index (χ2v) is 6.71. The zero-order valence-electron chi connectivity index (χ0n) is 11.8. The third-order valence-corrected chi connectivity index (χ3v) is 5.62. The molecule has 0 bridgehead atoms. The smallest absolute Gasteiger partial charge is 0.146 e. The van der Waals surface area contributed by atoms with Crippen LogP contribution in [0, 0.1) is 3.57 Å². The van der Waals surface area contributed by atoms with Gasteiger partial charge in [0.2, 0.25) is 0 Å². The molecule has 0 amide bonds. The van der Waals surface area contributed by atoms with Crippen LogP contribution >= 0.6 is 34.2 Å². The van der Waals surface area contributed by atoms with E-state index < -0.39 is 0 Å². The van der Waals surface area contributed by atoms with Crippen molar-refractivity contribution in [2.45, 2.75) is 31.8 Å². The van der Waals surface area contributed by atoms with Crippen molar-refractivity contribution in [3.8, 4) is 0 Å². The lowest BCUT2D eigenvalue weighted by atomic mass is 9.83. The molecule has 5 heteroatoms. The lowest BCUT2D eigenvalue weighted by molar-refractivity contribution is 0.180. The van der Waals surface area contributed by atoms with E-state index in [2.05, 4.69) is 51.8 Å². The van der Waals surface area contributed by atoms with Gasteiger partial charge in [0, 0.05) is 13.0 Å². The maximum absolute atomic E-state index is 6.26. The van der Waals surface area contributed by atoms with E-state index in [9.17, 15) is 0 Å². The van der Waals surface area contributed by atoms with Gasteiger partial charge in [-0.3, -0.25) is 0 Å². The number of aromatic nitrogens is 2. The lowest BCUT2D eigenvalue weighted by Gasteiger charge is -2.24. The molecular weight excluding hydrogens is 399 g/mol. The zero-order valence-corrected chi connectivity index (χ0v) is 14.7. The predicted molar refractivity (Wildman–Crippen MR) is 91.7 cm³/mol. The fourth-order valence-corrected chi connectivity index (χ4v) is 3.41. The zero-order chi connectivity index (χ0) is 14.8. The van der Waals surface area contributed by atoms with Gasteiger partial charge in [-0.2, -0.15) is 0 Å². The van der Waals surface area contributed by atoms with E-state index in [-0.39, 0.29) is 0 Å². The van der Waals surface area contributed by atoms with Crippen molar-refractivity contribution in [1.82, 2.24) is 9.97 Å². The molecule has 0 radical (unpaired) electrons. The number of hydrogen-bond donors (Lipinski definition) is 0. The summed E-state index contributed by atoms with van der Waals surface area (Å²) in [7, 11) is 1.67. The summed E-state index contributed by atoms with van der Waals surface area (Å²) in [6, 6.07) is 8.61. The highest BCUT2D eigenvalue weighted by molar-refractivity contribution is 14.1. The Morgan fingerprint density at radius 3 is 2.81 bits per heavy atom. The topological polar surface area (TPSA) is 35.0 Å². The molecule has 1 unspecified atom stereocenters. The third-order valence-electron chi connectivity index (χ3n) is 3.89. The number of fused-ring (bicyclic) bond motifs is 1. The first kappa shape index (κ1) is 15.2. The highest BCUT2D eigenvalue weighted by atomic mass is 127. The summed E-state index contributed by atoms with van der Waals surface area (Å²) < 4.78 is 6.09. The molecule has 1 aliphatic rings. The maximum Gasteiger partial charge on any atom is 0.146 e. The molecule has 0 spiro atoms. The van der Waals surface area contributed by atoms with Crippen LogP contribution in [0.3, 0.4) is 0 Å². The molecule has 1 aromatic carbocycles. The summed E-state index contributed by atoms with van der Waals surface area (Å²) in [5.74, 6) is 1.19. The number of hydrogen-bond acceptors (Lipinski definition) is 3. The van der Waals surface area contributed by atoms with Crippen molar-refractivity contribution >= 4 is 34.2 Å². The third kappa shape index (κ3) is 3.22. The van der Waals surface area contributed by atoms with Crippen molar-refractivity contribution in [2.75, 3.05) is 7.11 Å². The Morgan fingerprint density at radius 1 is 1.29 bits per heavy atom. The molecule has 1 aliphatic carbocycles. The molecule has 0 saturated carbocycles. The average molecular weight is 415 g/mol. The van der Waals surface area contributed by atoms with Gasteiger partial charge in [0.05, 0.1) is 15.9 Å². The van der Waals surface area contributed by atoms with Crippen LogP contribution in [0.25, 0.3) is 0 Å². The maximum atomic E-state index is 6.26. The van der Waals surface area contributed by atoms with E-state index in [4.69, 9.17) is 21.3 Å². The van der Waals surface area contributed by atoms with Gasteiger partial charge in [-0.05, 0) is 53.0 Å². The van der Waals surface area contributed by atoms with E-state index in [1.165, 1.54) is 11.1 Å². The van der Waals surface area contributed by atoms with Crippen LogP contribution in [0.5, 0.6) is 0 Å². The highest BCUT2D eigenvalue weighted by Gasteiger charge is 2.23. The second kappa shape index (κ2) is 6.58. The molecule has 1 atom stereocenters. The second-order valence-electron chi connectivity index (χ2n) is 5.27. The molecule has 0 fully saturated rings. The Morgan fingerprint density at radius 2 is 2.05 bits per heavy atom.